The molecule has 3 aliphatic carbocycles. The Kier molecular flexibility index (Phi) is 6.63. The fraction of sp³-hybridized carbons (Fsp3) is 0.808. The molecule has 0 aromatic carbocycles. The van der Waals surface area contributed by atoms with E-state index >= 15 is 0 Å². The highest BCUT2D eigenvalue weighted by Gasteiger charge is 2.57. The average Bonchev–Trinajstić information content (AvgIpc) is 3.09. The maximum Gasteiger partial charge on any atom is 0.312 e. The molecule has 3 N–H and O–H groups in total. The van der Waals surface area contributed by atoms with Gasteiger partial charge in [0.2, 0.25) is 0 Å². The van der Waals surface area contributed by atoms with E-state index in [0.29, 0.717) is 11.8 Å². The Morgan fingerprint density at radius 3 is 2.69 bits per heavy atom. The second kappa shape index (κ2) is 8.86. The highest BCUT2D eigenvalue weighted by Crippen LogP contribution is 2.62. The van der Waals surface area contributed by atoms with Gasteiger partial charge in [-0.05, 0) is 67.8 Å². The molecule has 1 saturated carbocycles. The lowest BCUT2D eigenvalue weighted by atomic mass is 9.47. The van der Waals surface area contributed by atoms with Crippen molar-refractivity contribution in [1.82, 2.24) is 0 Å². The van der Waals surface area contributed by atoms with E-state index in [-0.39, 0.29) is 30.5 Å². The molecule has 32 heavy (non-hydrogen) atoms. The van der Waals surface area contributed by atoms with Crippen molar-refractivity contribution in [2.75, 3.05) is 13.2 Å². The second-order valence-corrected chi connectivity index (χ2v) is 11.3. The van der Waals surface area contributed by atoms with Gasteiger partial charge in [-0.1, -0.05) is 44.9 Å². The fourth-order valence-electron chi connectivity index (χ4n) is 6.97. The Bertz CT molecular complexity index is 787. The summed E-state index contributed by atoms with van der Waals surface area (Å²) in [6, 6.07) is 0. The van der Waals surface area contributed by atoms with Gasteiger partial charge >= 0.3 is 5.97 Å². The maximum atomic E-state index is 13.4. The number of aliphatic hydroxyl groups excluding tert-OH is 3. The zero-order chi connectivity index (χ0) is 23.3. The number of hydrogen-bond acceptors (Lipinski definition) is 6. The molecule has 0 aromatic heterocycles. The average molecular weight is 449 g/mol. The third kappa shape index (κ3) is 3.97. The summed E-state index contributed by atoms with van der Waals surface area (Å²) in [6.07, 6.45) is 6.51. The second-order valence-electron chi connectivity index (χ2n) is 11.3. The first-order valence-corrected chi connectivity index (χ1v) is 12.3. The first-order valence-electron chi connectivity index (χ1n) is 12.3. The van der Waals surface area contributed by atoms with Crippen molar-refractivity contribution < 1.29 is 29.6 Å². The van der Waals surface area contributed by atoms with Crippen LogP contribution in [-0.2, 0) is 14.3 Å². The number of hydrogen-bond donors (Lipinski definition) is 3. The molecule has 6 heteroatoms. The van der Waals surface area contributed by atoms with E-state index in [9.17, 15) is 20.1 Å². The van der Waals surface area contributed by atoms with Gasteiger partial charge in [-0.3, -0.25) is 4.79 Å². The minimum absolute atomic E-state index is 0.0298. The molecule has 6 nitrogen and oxygen atoms in total. The number of allylic oxidation sites excluding steroid dienone is 4. The molecule has 0 unspecified atom stereocenters. The lowest BCUT2D eigenvalue weighted by Crippen LogP contribution is -2.53. The summed E-state index contributed by atoms with van der Waals surface area (Å²) in [5.41, 5.74) is 2.44. The van der Waals surface area contributed by atoms with Crippen LogP contribution < -0.4 is 0 Å². The molecule has 0 amide bonds. The molecule has 1 aliphatic heterocycles. The maximum absolute atomic E-state index is 13.4. The summed E-state index contributed by atoms with van der Waals surface area (Å²) in [7, 11) is 0. The van der Waals surface area contributed by atoms with Gasteiger partial charge in [0.05, 0.1) is 12.0 Å². The molecule has 0 bridgehead atoms. The van der Waals surface area contributed by atoms with Gasteiger partial charge < -0.3 is 24.8 Å². The largest absolute Gasteiger partial charge is 0.462 e. The normalized spacial score (nSPS) is 42.6. The van der Waals surface area contributed by atoms with Crippen molar-refractivity contribution in [3.05, 3.63) is 23.3 Å². The van der Waals surface area contributed by atoms with Crippen LogP contribution in [0.1, 0.15) is 66.2 Å². The molecule has 0 radical (unpaired) electrons. The quantitative estimate of drug-likeness (QED) is 0.559. The molecule has 1 saturated heterocycles. The number of fused-ring (bicyclic) bond motifs is 3. The SMILES string of the molecule is CC(C)C1=CC2=CC[C@@H]3[C@](C)(CCC[C@@]3(C)C(=O)OC[C@@H](O)[C@H]3OC[C@H](O)[C@H]3O)[C@H]2CC1. The van der Waals surface area contributed by atoms with Crippen molar-refractivity contribution in [2.45, 2.75) is 90.6 Å². The van der Waals surface area contributed by atoms with Crippen molar-refractivity contribution in [3.63, 3.8) is 0 Å². The Hall–Kier alpha value is -1.21. The summed E-state index contributed by atoms with van der Waals surface area (Å²) in [6.45, 7) is 8.66. The number of carbonyl (C=O) groups is 1. The van der Waals surface area contributed by atoms with E-state index in [2.05, 4.69) is 32.9 Å². The predicted octanol–water partition coefficient (Wildman–Crippen LogP) is 3.15. The van der Waals surface area contributed by atoms with Crippen LogP contribution in [0.4, 0.5) is 0 Å². The molecular formula is C26H40O6. The van der Waals surface area contributed by atoms with Crippen molar-refractivity contribution in [3.8, 4) is 0 Å². The van der Waals surface area contributed by atoms with E-state index in [4.69, 9.17) is 9.47 Å². The van der Waals surface area contributed by atoms with Crippen molar-refractivity contribution in [2.24, 2.45) is 28.6 Å². The van der Waals surface area contributed by atoms with E-state index in [1.54, 1.807) is 0 Å². The summed E-state index contributed by atoms with van der Waals surface area (Å²) in [4.78, 5) is 13.4. The monoisotopic (exact) mass is 448 g/mol. The summed E-state index contributed by atoms with van der Waals surface area (Å²) in [5, 5.41) is 30.0. The number of rotatable bonds is 5. The molecule has 4 rings (SSSR count). The molecule has 180 valence electrons. The van der Waals surface area contributed by atoms with Crippen LogP contribution in [0.15, 0.2) is 23.3 Å². The third-order valence-electron chi connectivity index (χ3n) is 9.00. The summed E-state index contributed by atoms with van der Waals surface area (Å²) >= 11 is 0. The lowest BCUT2D eigenvalue weighted by Gasteiger charge is -2.57. The number of ether oxygens (including phenoxy) is 2. The summed E-state index contributed by atoms with van der Waals surface area (Å²) in [5.74, 6) is 0.979. The zero-order valence-electron chi connectivity index (χ0n) is 19.9. The zero-order valence-corrected chi connectivity index (χ0v) is 19.9. The Labute approximate surface area is 191 Å². The van der Waals surface area contributed by atoms with Crippen LogP contribution in [0.2, 0.25) is 0 Å². The standard InChI is InChI=1S/C26H40O6/c1-15(2)16-6-8-18-17(12-16)7-9-21-25(18,3)10-5-11-26(21,4)24(30)32-14-20(28)23-22(29)19(27)13-31-23/h7,12,15,18-23,27-29H,5-6,8-11,13-14H2,1-4H3/t18-,19-,20+,21+,22+,23+,25+,26+/m0/s1. The van der Waals surface area contributed by atoms with Gasteiger partial charge in [-0.2, -0.15) is 0 Å². The smallest absolute Gasteiger partial charge is 0.312 e. The van der Waals surface area contributed by atoms with Crippen LogP contribution >= 0.6 is 0 Å². The van der Waals surface area contributed by atoms with Gasteiger partial charge in [-0.15, -0.1) is 0 Å². The van der Waals surface area contributed by atoms with Crippen LogP contribution in [0.3, 0.4) is 0 Å². The van der Waals surface area contributed by atoms with E-state index in [1.165, 1.54) is 11.1 Å². The molecule has 1 heterocycles. The van der Waals surface area contributed by atoms with Gasteiger partial charge in [0.15, 0.2) is 0 Å². The molecule has 0 spiro atoms. The van der Waals surface area contributed by atoms with Crippen LogP contribution in [0.5, 0.6) is 0 Å². The predicted molar refractivity (Wildman–Crippen MR) is 121 cm³/mol. The number of esters is 1. The molecule has 0 aromatic rings. The van der Waals surface area contributed by atoms with Gasteiger partial charge in [0, 0.05) is 0 Å². The minimum Gasteiger partial charge on any atom is -0.462 e. The Morgan fingerprint density at radius 1 is 1.28 bits per heavy atom. The molecular weight excluding hydrogens is 408 g/mol. The van der Waals surface area contributed by atoms with Crippen LogP contribution in [0.25, 0.3) is 0 Å². The van der Waals surface area contributed by atoms with E-state index in [0.717, 1.165) is 38.5 Å². The van der Waals surface area contributed by atoms with Gasteiger partial charge in [0.1, 0.15) is 31.0 Å². The first kappa shape index (κ1) is 23.9. The fourth-order valence-corrected chi connectivity index (χ4v) is 6.97. The number of carbonyl (C=O) groups excluding carboxylic acids is 1. The van der Waals surface area contributed by atoms with E-state index < -0.39 is 29.8 Å². The first-order chi connectivity index (χ1) is 15.1. The number of aliphatic hydroxyl groups is 3. The molecule has 2 fully saturated rings. The molecule has 4 aliphatic rings. The lowest BCUT2D eigenvalue weighted by molar-refractivity contribution is -0.175. The Morgan fingerprint density at radius 2 is 2.03 bits per heavy atom. The third-order valence-corrected chi connectivity index (χ3v) is 9.00. The van der Waals surface area contributed by atoms with Crippen molar-refractivity contribution >= 4 is 5.97 Å². The Balaban J connectivity index is 1.48. The highest BCUT2D eigenvalue weighted by atomic mass is 16.6. The highest BCUT2D eigenvalue weighted by molar-refractivity contribution is 5.77. The van der Waals surface area contributed by atoms with Gasteiger partial charge in [0.25, 0.3) is 0 Å². The van der Waals surface area contributed by atoms with Gasteiger partial charge in [-0.25, -0.2) is 0 Å². The van der Waals surface area contributed by atoms with Crippen LogP contribution in [-0.4, -0.2) is 58.9 Å². The molecule has 8 atom stereocenters. The minimum atomic E-state index is -1.17. The van der Waals surface area contributed by atoms with Crippen molar-refractivity contribution in [1.29, 1.82) is 0 Å². The van der Waals surface area contributed by atoms with Crippen LogP contribution in [0, 0.1) is 28.6 Å². The summed E-state index contributed by atoms with van der Waals surface area (Å²) < 4.78 is 10.9. The van der Waals surface area contributed by atoms with E-state index in [1.807, 2.05) is 6.92 Å². The topological polar surface area (TPSA) is 96.2 Å².